The van der Waals surface area contributed by atoms with Gasteiger partial charge in [-0.15, -0.1) is 0 Å². The monoisotopic (exact) mass is 300 g/mol. The van der Waals surface area contributed by atoms with Gasteiger partial charge in [0.05, 0.1) is 24.6 Å². The summed E-state index contributed by atoms with van der Waals surface area (Å²) in [5, 5.41) is 9.84. The number of pyridine rings is 2. The Morgan fingerprint density at radius 2 is 1.58 bits per heavy atom. The summed E-state index contributed by atoms with van der Waals surface area (Å²) >= 11 is 11.3. The molecule has 0 atom stereocenters. The van der Waals surface area contributed by atoms with E-state index in [-0.39, 0.29) is 6.61 Å². The summed E-state index contributed by atoms with van der Waals surface area (Å²) in [4.78, 5) is 7.84. The van der Waals surface area contributed by atoms with Crippen LogP contribution in [0.3, 0.4) is 0 Å². The van der Waals surface area contributed by atoms with E-state index >= 15 is 0 Å². The molecule has 0 amide bonds. The summed E-state index contributed by atoms with van der Waals surface area (Å²) in [6, 6.07) is 6.81. The van der Waals surface area contributed by atoms with Crippen molar-refractivity contribution in [1.29, 1.82) is 0 Å². The molecule has 0 saturated heterocycles. The van der Waals surface area contributed by atoms with Crippen molar-refractivity contribution in [3.8, 4) is 0 Å². The lowest BCUT2D eigenvalue weighted by Crippen LogP contribution is -1.89. The van der Waals surface area contributed by atoms with Crippen molar-refractivity contribution in [3.05, 3.63) is 58.1 Å². The Balaban J connectivity index is 0.000000191. The lowest BCUT2D eigenvalue weighted by atomic mass is 10.4. The van der Waals surface area contributed by atoms with E-state index < -0.39 is 0 Å². The largest absolute Gasteiger partial charge is 0.390 e. The fourth-order valence-corrected chi connectivity index (χ4v) is 1.58. The molecule has 102 valence electrons. The molecule has 0 aliphatic rings. The van der Waals surface area contributed by atoms with Crippen LogP contribution in [0.1, 0.15) is 11.4 Å². The Bertz CT molecular complexity index is 510. The van der Waals surface area contributed by atoms with Gasteiger partial charge in [-0.25, -0.2) is 0 Å². The third-order valence-electron chi connectivity index (χ3n) is 2.01. The van der Waals surface area contributed by atoms with Crippen molar-refractivity contribution in [3.63, 3.8) is 0 Å². The van der Waals surface area contributed by atoms with E-state index in [1.165, 1.54) is 0 Å². The van der Waals surface area contributed by atoms with Gasteiger partial charge < -0.3 is 9.84 Å². The number of aromatic nitrogens is 2. The molecule has 6 heteroatoms. The molecule has 19 heavy (non-hydrogen) atoms. The van der Waals surface area contributed by atoms with Crippen LogP contribution < -0.4 is 0 Å². The molecule has 2 rings (SSSR count). The van der Waals surface area contributed by atoms with Crippen molar-refractivity contribution in [1.82, 2.24) is 9.97 Å². The fraction of sp³-hybridized carbons (Fsp3) is 0.231. The number of aliphatic hydroxyl groups is 1. The van der Waals surface area contributed by atoms with Gasteiger partial charge in [-0.2, -0.15) is 0 Å². The summed E-state index contributed by atoms with van der Waals surface area (Å²) in [6.07, 6.45) is 3.23. The van der Waals surface area contributed by atoms with E-state index in [4.69, 9.17) is 33.0 Å². The highest BCUT2D eigenvalue weighted by Crippen LogP contribution is 2.08. The van der Waals surface area contributed by atoms with Gasteiger partial charge in [-0.1, -0.05) is 23.2 Å². The highest BCUT2D eigenvalue weighted by Gasteiger charge is 1.92. The van der Waals surface area contributed by atoms with Crippen LogP contribution in [0.5, 0.6) is 0 Å². The maximum absolute atomic E-state index is 8.54. The Morgan fingerprint density at radius 3 is 2.00 bits per heavy atom. The average Bonchev–Trinajstić information content (AvgIpc) is 2.40. The first-order valence-corrected chi connectivity index (χ1v) is 6.22. The van der Waals surface area contributed by atoms with E-state index in [1.54, 1.807) is 43.8 Å². The Kier molecular flexibility index (Phi) is 7.36. The first kappa shape index (κ1) is 15.9. The molecule has 4 nitrogen and oxygen atoms in total. The molecule has 0 aliphatic carbocycles. The zero-order valence-corrected chi connectivity index (χ0v) is 11.9. The summed E-state index contributed by atoms with van der Waals surface area (Å²) in [5.74, 6) is 0. The second kappa shape index (κ2) is 8.82. The van der Waals surface area contributed by atoms with Crippen LogP contribution in [-0.4, -0.2) is 22.2 Å². The lowest BCUT2D eigenvalue weighted by molar-refractivity contribution is 0.181. The van der Waals surface area contributed by atoms with Gasteiger partial charge in [-0.3, -0.25) is 9.97 Å². The van der Waals surface area contributed by atoms with Crippen LogP contribution in [0.25, 0.3) is 0 Å². The summed E-state index contributed by atoms with van der Waals surface area (Å²) in [5.41, 5.74) is 1.46. The Labute approximate surface area is 122 Å². The number of aliphatic hydroxyl groups excluding tert-OH is 1. The van der Waals surface area contributed by atoms with Gasteiger partial charge >= 0.3 is 0 Å². The number of rotatable bonds is 3. The van der Waals surface area contributed by atoms with Crippen LogP contribution in [0.2, 0.25) is 10.0 Å². The van der Waals surface area contributed by atoms with Gasteiger partial charge in [-0.05, 0) is 24.3 Å². The molecule has 0 bridgehead atoms. The van der Waals surface area contributed by atoms with Crippen LogP contribution in [0, 0.1) is 0 Å². The quantitative estimate of drug-likeness (QED) is 0.946. The fourth-order valence-electron chi connectivity index (χ4n) is 1.21. The average molecular weight is 301 g/mol. The third-order valence-corrected chi connectivity index (χ3v) is 2.48. The minimum Gasteiger partial charge on any atom is -0.390 e. The number of ether oxygens (including phenoxy) is 1. The molecule has 0 aromatic carbocycles. The summed E-state index contributed by atoms with van der Waals surface area (Å²) in [6.45, 7) is 0.459. The van der Waals surface area contributed by atoms with Crippen LogP contribution >= 0.6 is 23.2 Å². The molecule has 0 unspecified atom stereocenters. The van der Waals surface area contributed by atoms with Crippen molar-refractivity contribution >= 4 is 23.2 Å². The number of nitrogens with zero attached hydrogens (tertiary/aromatic N) is 2. The standard InChI is InChI=1S/C7H8ClNO.C6H6ClNO/c1-10-5-7-4-6(8)2-3-9-7;7-5-1-2-8-6(3-5)4-9/h2-4H,5H2,1H3;1-3,9H,4H2. The van der Waals surface area contributed by atoms with Gasteiger partial charge in [0, 0.05) is 29.5 Å². The second-order valence-corrected chi connectivity index (χ2v) is 4.39. The molecule has 0 aliphatic heterocycles. The Hall–Kier alpha value is -1.20. The zero-order chi connectivity index (χ0) is 14.1. The third kappa shape index (κ3) is 6.50. The smallest absolute Gasteiger partial charge is 0.0884 e. The first-order chi connectivity index (χ1) is 9.15. The first-order valence-electron chi connectivity index (χ1n) is 5.46. The van der Waals surface area contributed by atoms with E-state index in [1.807, 2.05) is 0 Å². The van der Waals surface area contributed by atoms with Gasteiger partial charge in [0.25, 0.3) is 0 Å². The molecular weight excluding hydrogens is 287 g/mol. The van der Waals surface area contributed by atoms with Crippen molar-refractivity contribution in [2.24, 2.45) is 0 Å². The number of halogens is 2. The van der Waals surface area contributed by atoms with Gasteiger partial charge in [0.15, 0.2) is 0 Å². The lowest BCUT2D eigenvalue weighted by Gasteiger charge is -1.96. The zero-order valence-electron chi connectivity index (χ0n) is 10.4. The number of hydrogen-bond donors (Lipinski definition) is 1. The summed E-state index contributed by atoms with van der Waals surface area (Å²) in [7, 11) is 1.63. The Morgan fingerprint density at radius 1 is 1.05 bits per heavy atom. The maximum atomic E-state index is 8.54. The summed E-state index contributed by atoms with van der Waals surface area (Å²) < 4.78 is 4.86. The topological polar surface area (TPSA) is 55.2 Å². The maximum Gasteiger partial charge on any atom is 0.0884 e. The minimum absolute atomic E-state index is 0.0550. The molecule has 0 radical (unpaired) electrons. The molecular formula is C13H14Cl2N2O2. The highest BCUT2D eigenvalue weighted by molar-refractivity contribution is 6.30. The van der Waals surface area contributed by atoms with Crippen LogP contribution in [-0.2, 0) is 18.0 Å². The molecule has 2 aromatic rings. The van der Waals surface area contributed by atoms with Gasteiger partial charge in [0.1, 0.15) is 0 Å². The SMILES string of the molecule is COCc1cc(Cl)ccn1.OCc1cc(Cl)ccn1. The van der Waals surface area contributed by atoms with Crippen LogP contribution in [0.4, 0.5) is 0 Å². The predicted octanol–water partition coefficient (Wildman–Crippen LogP) is 3.11. The minimum atomic E-state index is -0.0550. The predicted molar refractivity (Wildman–Crippen MR) is 75.1 cm³/mol. The number of hydrogen-bond acceptors (Lipinski definition) is 4. The van der Waals surface area contributed by atoms with Crippen molar-refractivity contribution in [2.75, 3.05) is 7.11 Å². The van der Waals surface area contributed by atoms with Crippen molar-refractivity contribution < 1.29 is 9.84 Å². The van der Waals surface area contributed by atoms with E-state index in [9.17, 15) is 0 Å². The van der Waals surface area contributed by atoms with Crippen molar-refractivity contribution in [2.45, 2.75) is 13.2 Å². The number of methoxy groups -OCH3 is 1. The van der Waals surface area contributed by atoms with Crippen LogP contribution in [0.15, 0.2) is 36.7 Å². The molecule has 0 fully saturated rings. The molecule has 1 N–H and O–H groups in total. The molecule has 0 spiro atoms. The molecule has 0 saturated carbocycles. The second-order valence-electron chi connectivity index (χ2n) is 3.52. The highest BCUT2D eigenvalue weighted by atomic mass is 35.5. The molecule has 2 aromatic heterocycles. The van der Waals surface area contributed by atoms with E-state index in [0.717, 1.165) is 5.69 Å². The molecule has 2 heterocycles. The van der Waals surface area contributed by atoms with E-state index in [0.29, 0.717) is 22.3 Å². The normalized spacial score (nSPS) is 9.68. The van der Waals surface area contributed by atoms with E-state index in [2.05, 4.69) is 9.97 Å². The van der Waals surface area contributed by atoms with Gasteiger partial charge in [0.2, 0.25) is 0 Å².